The lowest BCUT2D eigenvalue weighted by Gasteiger charge is -2.39. The van der Waals surface area contributed by atoms with Crippen molar-refractivity contribution in [3.8, 4) is 0 Å². The van der Waals surface area contributed by atoms with Crippen LogP contribution in [0.2, 0.25) is 0 Å². The Hall–Kier alpha value is -2.72. The van der Waals surface area contributed by atoms with Gasteiger partial charge in [-0.1, -0.05) is 115 Å². The molecule has 3 aromatic rings. The summed E-state index contributed by atoms with van der Waals surface area (Å²) in [7, 11) is -2.47. The lowest BCUT2D eigenvalue weighted by atomic mass is 10.1. The number of hydrogen-bond donors (Lipinski definition) is 1. The first-order valence-corrected chi connectivity index (χ1v) is 17.6. The van der Waals surface area contributed by atoms with Crippen molar-refractivity contribution in [3.05, 3.63) is 89.5 Å². The van der Waals surface area contributed by atoms with Gasteiger partial charge in [-0.25, -0.2) is 4.79 Å². The summed E-state index contributed by atoms with van der Waals surface area (Å²) in [6.07, 6.45) is 16.6. The van der Waals surface area contributed by atoms with Crippen LogP contribution in [0.3, 0.4) is 0 Å². The topological polar surface area (TPSA) is 46.5 Å². The maximum Gasteiger partial charge on any atom is 0.517 e. The first-order valence-electron chi connectivity index (χ1n) is 16.1. The number of rotatable bonds is 19. The van der Waals surface area contributed by atoms with Crippen molar-refractivity contribution in [1.29, 1.82) is 0 Å². The van der Waals surface area contributed by atoms with Gasteiger partial charge in [0.2, 0.25) is 0 Å². The summed E-state index contributed by atoms with van der Waals surface area (Å²) in [5.41, 5.74) is 3.87. The fourth-order valence-electron chi connectivity index (χ4n) is 5.47. The number of carboxylic acid groups (broad SMARTS) is 1. The molecule has 0 saturated heterocycles. The molecule has 0 heterocycles. The van der Waals surface area contributed by atoms with E-state index in [2.05, 4.69) is 93.6 Å². The van der Waals surface area contributed by atoms with Gasteiger partial charge in [-0.05, 0) is 102 Å². The zero-order valence-corrected chi connectivity index (χ0v) is 26.5. The van der Waals surface area contributed by atoms with Crippen molar-refractivity contribution >= 4 is 16.5 Å². The fraction of sp³-hybridized carbons (Fsp3) is 0.486. The first-order chi connectivity index (χ1) is 20.0. The zero-order chi connectivity index (χ0) is 29.3. The molecule has 0 spiro atoms. The minimum absolute atomic E-state index is 0.920. The van der Waals surface area contributed by atoms with Gasteiger partial charge in [-0.3, -0.25) is 0 Å². The molecule has 1 N–H and O–H groups in total. The number of benzene rings is 3. The van der Waals surface area contributed by atoms with Gasteiger partial charge in [0, 0.05) is 14.7 Å². The smallest absolute Gasteiger partial charge is 0.449 e. The van der Waals surface area contributed by atoms with Crippen LogP contribution in [0.1, 0.15) is 115 Å². The molecule has 3 rings (SSSR count). The van der Waals surface area contributed by atoms with E-state index in [9.17, 15) is 9.90 Å². The average molecular weight is 577 g/mol. The minimum Gasteiger partial charge on any atom is -0.449 e. The Balaban J connectivity index is 1.98. The van der Waals surface area contributed by atoms with Crippen LogP contribution in [-0.4, -0.2) is 11.3 Å². The Labute approximate surface area is 251 Å². The highest BCUT2D eigenvalue weighted by molar-refractivity contribution is 8.30. The summed E-state index contributed by atoms with van der Waals surface area (Å²) in [6.45, 7) is 6.70. The molecule has 0 aliphatic rings. The van der Waals surface area contributed by atoms with E-state index in [0.29, 0.717) is 0 Å². The molecule has 3 aromatic carbocycles. The Kier molecular flexibility index (Phi) is 14.4. The Morgan fingerprint density at radius 3 is 1.05 bits per heavy atom. The summed E-state index contributed by atoms with van der Waals surface area (Å²) < 4.78 is 6.05. The third-order valence-corrected chi connectivity index (χ3v) is 11.1. The van der Waals surface area contributed by atoms with Gasteiger partial charge in [-0.15, -0.1) is 0 Å². The molecule has 0 aliphatic heterocycles. The maximum absolute atomic E-state index is 12.3. The Morgan fingerprint density at radius 2 is 0.805 bits per heavy atom. The zero-order valence-electron chi connectivity index (χ0n) is 25.7. The molecule has 0 aromatic heterocycles. The normalized spacial score (nSPS) is 11.9. The number of aryl methyl sites for hydroxylation is 3. The molecule has 0 atom stereocenters. The van der Waals surface area contributed by atoms with Crippen LogP contribution in [0.25, 0.3) is 0 Å². The van der Waals surface area contributed by atoms with Crippen LogP contribution in [-0.2, 0) is 23.4 Å². The van der Waals surface area contributed by atoms with E-state index in [1.54, 1.807) is 0 Å². The second-order valence-corrected chi connectivity index (χ2v) is 14.0. The van der Waals surface area contributed by atoms with Crippen LogP contribution >= 0.6 is 10.3 Å². The monoisotopic (exact) mass is 576 g/mol. The second kappa shape index (κ2) is 18.0. The van der Waals surface area contributed by atoms with E-state index < -0.39 is 16.5 Å². The van der Waals surface area contributed by atoms with Gasteiger partial charge in [0.25, 0.3) is 0 Å². The minimum atomic E-state index is -2.47. The summed E-state index contributed by atoms with van der Waals surface area (Å²) in [5, 5.41) is 10.1. The molecule has 0 unspecified atom stereocenters. The molecule has 224 valence electrons. The van der Waals surface area contributed by atoms with Gasteiger partial charge >= 0.3 is 6.16 Å². The lowest BCUT2D eigenvalue weighted by Crippen LogP contribution is -2.12. The summed E-state index contributed by atoms with van der Waals surface area (Å²) in [5.74, 6) is 0. The SMILES string of the molecule is CCCCCCc1ccc(S(OC(=O)O)(c2ccc(CCCCCC)cc2)c2ccc(CCCCCC)cc2)cc1. The molecular formula is C37H52O3S. The molecular weight excluding hydrogens is 524 g/mol. The van der Waals surface area contributed by atoms with E-state index in [1.165, 1.54) is 93.7 Å². The van der Waals surface area contributed by atoms with Crippen molar-refractivity contribution in [2.75, 3.05) is 0 Å². The van der Waals surface area contributed by atoms with Gasteiger partial charge in [0.05, 0.1) is 0 Å². The Bertz CT molecular complexity index is 1000. The van der Waals surface area contributed by atoms with Crippen LogP contribution < -0.4 is 0 Å². The van der Waals surface area contributed by atoms with Crippen LogP contribution in [0.4, 0.5) is 4.79 Å². The van der Waals surface area contributed by atoms with Crippen LogP contribution in [0.15, 0.2) is 87.5 Å². The fourth-order valence-corrected chi connectivity index (χ4v) is 8.35. The molecule has 41 heavy (non-hydrogen) atoms. The predicted molar refractivity (Wildman–Crippen MR) is 174 cm³/mol. The summed E-state index contributed by atoms with van der Waals surface area (Å²) >= 11 is 0. The molecule has 4 heteroatoms. The van der Waals surface area contributed by atoms with Crippen LogP contribution in [0, 0.1) is 0 Å². The second-order valence-electron chi connectivity index (χ2n) is 11.3. The van der Waals surface area contributed by atoms with Crippen molar-refractivity contribution in [3.63, 3.8) is 0 Å². The van der Waals surface area contributed by atoms with Crippen LogP contribution in [0.5, 0.6) is 0 Å². The van der Waals surface area contributed by atoms with Gasteiger partial charge in [-0.2, -0.15) is 0 Å². The molecule has 3 nitrogen and oxygen atoms in total. The molecule has 0 radical (unpaired) electrons. The molecule has 0 saturated carbocycles. The van der Waals surface area contributed by atoms with Crippen molar-refractivity contribution in [2.45, 2.75) is 132 Å². The van der Waals surface area contributed by atoms with E-state index in [-0.39, 0.29) is 0 Å². The van der Waals surface area contributed by atoms with Gasteiger partial charge in [0.15, 0.2) is 0 Å². The predicted octanol–water partition coefficient (Wildman–Crippen LogP) is 11.9. The maximum atomic E-state index is 12.3. The highest BCUT2D eigenvalue weighted by Crippen LogP contribution is 2.69. The van der Waals surface area contributed by atoms with E-state index in [4.69, 9.17) is 4.18 Å². The third kappa shape index (κ3) is 9.95. The lowest BCUT2D eigenvalue weighted by molar-refractivity contribution is 0.150. The van der Waals surface area contributed by atoms with Crippen molar-refractivity contribution < 1.29 is 14.1 Å². The van der Waals surface area contributed by atoms with Gasteiger partial charge < -0.3 is 9.29 Å². The standard InChI is InChI=1S/C37H52O3S/c1-4-7-10-13-16-31-19-25-34(26-20-31)41(40-37(38)39,35-27-21-32(22-28-35)17-14-11-8-5-2)36-29-23-33(24-30-36)18-15-12-9-6-3/h19-30H,4-18H2,1-3H3,(H,38,39). The van der Waals surface area contributed by atoms with Gasteiger partial charge in [0.1, 0.15) is 0 Å². The summed E-state index contributed by atoms with van der Waals surface area (Å²) in [4.78, 5) is 15.1. The highest BCUT2D eigenvalue weighted by Gasteiger charge is 2.36. The van der Waals surface area contributed by atoms with Crippen molar-refractivity contribution in [2.24, 2.45) is 0 Å². The average Bonchev–Trinajstić information content (AvgIpc) is 2.99. The number of unbranched alkanes of at least 4 members (excludes halogenated alkanes) is 9. The van der Waals surface area contributed by atoms with E-state index >= 15 is 0 Å². The molecule has 0 aliphatic carbocycles. The first kappa shape index (κ1) is 32.8. The third-order valence-electron chi connectivity index (χ3n) is 7.92. The van der Waals surface area contributed by atoms with Crippen molar-refractivity contribution in [1.82, 2.24) is 0 Å². The number of carbonyl (C=O) groups is 1. The molecule has 0 fully saturated rings. The Morgan fingerprint density at radius 1 is 0.512 bits per heavy atom. The van der Waals surface area contributed by atoms with E-state index in [1.807, 2.05) is 0 Å². The van der Waals surface area contributed by atoms with E-state index in [0.717, 1.165) is 33.9 Å². The molecule has 0 bridgehead atoms. The summed E-state index contributed by atoms with van der Waals surface area (Å²) in [6, 6.07) is 25.6. The largest absolute Gasteiger partial charge is 0.517 e. The number of hydrogen-bond acceptors (Lipinski definition) is 2. The molecule has 0 amide bonds. The quantitative estimate of drug-likeness (QED) is 0.144. The highest BCUT2D eigenvalue weighted by atomic mass is 32.3.